The molecule has 0 saturated heterocycles. The van der Waals surface area contributed by atoms with E-state index in [2.05, 4.69) is 30.4 Å². The summed E-state index contributed by atoms with van der Waals surface area (Å²) in [4.78, 5) is 0. The first-order chi connectivity index (χ1) is 6.88. The highest BCUT2D eigenvalue weighted by Crippen LogP contribution is 2.17. The van der Waals surface area contributed by atoms with Crippen LogP contribution >= 0.6 is 0 Å². The summed E-state index contributed by atoms with van der Waals surface area (Å²) in [6, 6.07) is 12.7. The first-order valence-corrected chi connectivity index (χ1v) is 5.03. The minimum Gasteiger partial charge on any atom is -0.298 e. The van der Waals surface area contributed by atoms with Crippen molar-refractivity contribution in [1.82, 2.24) is 5.32 Å². The molecule has 1 N–H and O–H groups in total. The van der Waals surface area contributed by atoms with Crippen molar-refractivity contribution in [1.29, 1.82) is 5.26 Å². The molecule has 0 aliphatic carbocycles. The Bertz CT molecular complexity index is 287. The second-order valence-corrected chi connectivity index (χ2v) is 3.29. The summed E-state index contributed by atoms with van der Waals surface area (Å²) in [5.74, 6) is 0. The molecule has 0 aliphatic heterocycles. The molecule has 2 heteroatoms. The van der Waals surface area contributed by atoms with Gasteiger partial charge in [0.05, 0.1) is 12.6 Å². The van der Waals surface area contributed by atoms with Crippen LogP contribution in [0.3, 0.4) is 0 Å². The number of hydrogen-bond acceptors (Lipinski definition) is 2. The minimum atomic E-state index is 0.320. The van der Waals surface area contributed by atoms with Crippen molar-refractivity contribution in [3.05, 3.63) is 35.9 Å². The molecule has 0 radical (unpaired) electrons. The van der Waals surface area contributed by atoms with Crippen LogP contribution < -0.4 is 5.32 Å². The fourth-order valence-electron chi connectivity index (χ4n) is 1.53. The maximum Gasteiger partial charge on any atom is 0.0845 e. The molecule has 0 bridgehead atoms. The third-order valence-corrected chi connectivity index (χ3v) is 2.21. The standard InChI is InChI=1S/C12H16N2/c1-2-6-12(14-10-9-13)11-7-4-3-5-8-11/h3-5,7-8,12,14H,2,6,10H2,1H3. The van der Waals surface area contributed by atoms with Gasteiger partial charge in [0, 0.05) is 6.04 Å². The average molecular weight is 188 g/mol. The van der Waals surface area contributed by atoms with Gasteiger partial charge >= 0.3 is 0 Å². The molecule has 0 amide bonds. The quantitative estimate of drug-likeness (QED) is 0.721. The van der Waals surface area contributed by atoms with Gasteiger partial charge in [0.25, 0.3) is 0 Å². The van der Waals surface area contributed by atoms with Crippen molar-refractivity contribution >= 4 is 0 Å². The van der Waals surface area contributed by atoms with Crippen LogP contribution in [-0.4, -0.2) is 6.54 Å². The Labute approximate surface area is 85.6 Å². The lowest BCUT2D eigenvalue weighted by molar-refractivity contribution is 0.523. The molecule has 74 valence electrons. The highest BCUT2D eigenvalue weighted by Gasteiger charge is 2.07. The molecule has 0 heterocycles. The van der Waals surface area contributed by atoms with Gasteiger partial charge in [-0.1, -0.05) is 43.7 Å². The lowest BCUT2D eigenvalue weighted by atomic mass is 10.0. The highest BCUT2D eigenvalue weighted by atomic mass is 14.9. The van der Waals surface area contributed by atoms with Crippen LogP contribution in [-0.2, 0) is 0 Å². The maximum absolute atomic E-state index is 8.52. The van der Waals surface area contributed by atoms with E-state index in [1.807, 2.05) is 18.2 Å². The zero-order chi connectivity index (χ0) is 10.2. The van der Waals surface area contributed by atoms with Crippen molar-refractivity contribution in [3.63, 3.8) is 0 Å². The lowest BCUT2D eigenvalue weighted by Crippen LogP contribution is -2.21. The van der Waals surface area contributed by atoms with Crippen LogP contribution in [0.5, 0.6) is 0 Å². The zero-order valence-corrected chi connectivity index (χ0v) is 8.53. The minimum absolute atomic E-state index is 0.320. The van der Waals surface area contributed by atoms with Crippen LogP contribution in [0.1, 0.15) is 31.4 Å². The topological polar surface area (TPSA) is 35.8 Å². The van der Waals surface area contributed by atoms with Crippen molar-refractivity contribution in [3.8, 4) is 6.07 Å². The van der Waals surface area contributed by atoms with Crippen LogP contribution in [0, 0.1) is 11.3 Å². The summed E-state index contributed by atoms with van der Waals surface area (Å²) in [6.07, 6.45) is 2.20. The average Bonchev–Trinajstić information content (AvgIpc) is 2.25. The van der Waals surface area contributed by atoms with Gasteiger partial charge in [-0.05, 0) is 12.0 Å². The molecule has 2 nitrogen and oxygen atoms in total. The van der Waals surface area contributed by atoms with Gasteiger partial charge in [-0.25, -0.2) is 0 Å². The van der Waals surface area contributed by atoms with E-state index in [-0.39, 0.29) is 0 Å². The van der Waals surface area contributed by atoms with E-state index >= 15 is 0 Å². The predicted molar refractivity (Wildman–Crippen MR) is 57.7 cm³/mol. The van der Waals surface area contributed by atoms with E-state index in [0.717, 1.165) is 12.8 Å². The van der Waals surface area contributed by atoms with E-state index in [1.165, 1.54) is 5.56 Å². The Morgan fingerprint density at radius 2 is 2.07 bits per heavy atom. The SMILES string of the molecule is CCCC(NCC#N)c1ccccc1. The summed E-state index contributed by atoms with van der Waals surface area (Å²) in [6.45, 7) is 2.57. The summed E-state index contributed by atoms with van der Waals surface area (Å²) in [5.41, 5.74) is 1.27. The zero-order valence-electron chi connectivity index (χ0n) is 8.53. The monoisotopic (exact) mass is 188 g/mol. The normalized spacial score (nSPS) is 12.0. The Balaban J connectivity index is 2.63. The molecule has 1 rings (SSSR count). The van der Waals surface area contributed by atoms with Gasteiger partial charge in [-0.2, -0.15) is 5.26 Å². The fraction of sp³-hybridized carbons (Fsp3) is 0.417. The molecule has 14 heavy (non-hydrogen) atoms. The molecule has 0 saturated carbocycles. The Hall–Kier alpha value is -1.33. The van der Waals surface area contributed by atoms with E-state index in [1.54, 1.807) is 0 Å². The van der Waals surface area contributed by atoms with Crippen molar-refractivity contribution < 1.29 is 0 Å². The first kappa shape index (κ1) is 10.7. The molecule has 0 fully saturated rings. The van der Waals surface area contributed by atoms with Gasteiger partial charge in [0.2, 0.25) is 0 Å². The first-order valence-electron chi connectivity index (χ1n) is 5.03. The summed E-state index contributed by atoms with van der Waals surface area (Å²) in [7, 11) is 0. The summed E-state index contributed by atoms with van der Waals surface area (Å²) >= 11 is 0. The molecule has 1 atom stereocenters. The number of rotatable bonds is 5. The van der Waals surface area contributed by atoms with Crippen molar-refractivity contribution in [2.24, 2.45) is 0 Å². The molecule has 0 spiro atoms. The van der Waals surface area contributed by atoms with Crippen LogP contribution in [0.2, 0.25) is 0 Å². The third kappa shape index (κ3) is 3.20. The smallest absolute Gasteiger partial charge is 0.0845 e. The number of benzene rings is 1. The molecule has 1 unspecified atom stereocenters. The van der Waals surface area contributed by atoms with E-state index < -0.39 is 0 Å². The molecule has 1 aromatic carbocycles. The fourth-order valence-corrected chi connectivity index (χ4v) is 1.53. The van der Waals surface area contributed by atoms with Gasteiger partial charge in [0.1, 0.15) is 0 Å². The lowest BCUT2D eigenvalue weighted by Gasteiger charge is -2.16. The predicted octanol–water partition coefficient (Wildman–Crippen LogP) is 2.64. The molecule has 0 aliphatic rings. The number of nitrogens with zero attached hydrogens (tertiary/aromatic N) is 1. The van der Waals surface area contributed by atoms with E-state index in [4.69, 9.17) is 5.26 Å². The number of nitriles is 1. The van der Waals surface area contributed by atoms with Gasteiger partial charge in [0.15, 0.2) is 0 Å². The number of nitrogens with one attached hydrogen (secondary N) is 1. The van der Waals surface area contributed by atoms with Gasteiger partial charge < -0.3 is 0 Å². The third-order valence-electron chi connectivity index (χ3n) is 2.21. The summed E-state index contributed by atoms with van der Waals surface area (Å²) < 4.78 is 0. The Kier molecular flexibility index (Phi) is 4.74. The Morgan fingerprint density at radius 3 is 2.64 bits per heavy atom. The van der Waals surface area contributed by atoms with E-state index in [9.17, 15) is 0 Å². The van der Waals surface area contributed by atoms with Crippen molar-refractivity contribution in [2.45, 2.75) is 25.8 Å². The summed E-state index contributed by atoms with van der Waals surface area (Å²) in [5, 5.41) is 11.7. The molecule has 0 aromatic heterocycles. The van der Waals surface area contributed by atoms with Gasteiger partial charge in [-0.15, -0.1) is 0 Å². The van der Waals surface area contributed by atoms with Gasteiger partial charge in [-0.3, -0.25) is 5.32 Å². The van der Waals surface area contributed by atoms with Crippen LogP contribution in [0.25, 0.3) is 0 Å². The Morgan fingerprint density at radius 1 is 1.36 bits per heavy atom. The van der Waals surface area contributed by atoms with E-state index in [0.29, 0.717) is 12.6 Å². The number of hydrogen-bond donors (Lipinski definition) is 1. The molecular formula is C12H16N2. The second kappa shape index (κ2) is 6.17. The van der Waals surface area contributed by atoms with Crippen LogP contribution in [0.15, 0.2) is 30.3 Å². The molecular weight excluding hydrogens is 172 g/mol. The molecule has 1 aromatic rings. The highest BCUT2D eigenvalue weighted by molar-refractivity contribution is 5.18. The largest absolute Gasteiger partial charge is 0.298 e. The van der Waals surface area contributed by atoms with Crippen molar-refractivity contribution in [2.75, 3.05) is 6.54 Å². The maximum atomic E-state index is 8.52. The second-order valence-electron chi connectivity index (χ2n) is 3.29. The van der Waals surface area contributed by atoms with Crippen LogP contribution in [0.4, 0.5) is 0 Å².